The number of pyridine rings is 1. The first-order chi connectivity index (χ1) is 12.6. The van der Waals surface area contributed by atoms with Gasteiger partial charge in [0.2, 0.25) is 5.91 Å². The minimum atomic E-state index is 0.0275. The molecule has 0 radical (unpaired) electrons. The Balaban J connectivity index is 1.40. The van der Waals surface area contributed by atoms with E-state index in [4.69, 9.17) is 0 Å². The number of hydrogen-bond donors (Lipinski definition) is 1. The van der Waals surface area contributed by atoms with E-state index in [1.807, 2.05) is 35.0 Å². The van der Waals surface area contributed by atoms with Crippen molar-refractivity contribution >= 4 is 16.8 Å². The fourth-order valence-electron chi connectivity index (χ4n) is 3.37. The molecule has 1 N–H and O–H groups in total. The number of benzene rings is 1. The molecular formula is C20H23N5O. The second-order valence-electron chi connectivity index (χ2n) is 7.24. The number of fused-ring (bicyclic) bond motifs is 2. The fourth-order valence-corrected chi connectivity index (χ4v) is 3.37. The molecule has 1 amide bonds. The summed E-state index contributed by atoms with van der Waals surface area (Å²) in [6.07, 6.45) is 3.88. The number of hydrogen-bond acceptors (Lipinski definition) is 4. The number of amides is 1. The zero-order valence-corrected chi connectivity index (χ0v) is 15.1. The fraction of sp³-hybridized carbons (Fsp3) is 0.400. The van der Waals surface area contributed by atoms with Gasteiger partial charge < -0.3 is 5.32 Å². The van der Waals surface area contributed by atoms with Gasteiger partial charge in [0.1, 0.15) is 5.82 Å². The number of aryl methyl sites for hydroxylation is 1. The highest BCUT2D eigenvalue weighted by atomic mass is 16.1. The molecule has 0 saturated carbocycles. The molecule has 0 unspecified atom stereocenters. The summed E-state index contributed by atoms with van der Waals surface area (Å²) >= 11 is 0. The van der Waals surface area contributed by atoms with Crippen molar-refractivity contribution < 1.29 is 4.79 Å². The first kappa shape index (κ1) is 16.7. The van der Waals surface area contributed by atoms with Crippen LogP contribution in [0.5, 0.6) is 0 Å². The Kier molecular flexibility index (Phi) is 4.41. The second-order valence-corrected chi connectivity index (χ2v) is 7.24. The maximum absolute atomic E-state index is 12.5. The third kappa shape index (κ3) is 3.45. The van der Waals surface area contributed by atoms with E-state index in [1.54, 1.807) is 6.20 Å². The minimum absolute atomic E-state index is 0.0275. The monoisotopic (exact) mass is 349 g/mol. The highest BCUT2D eigenvalue weighted by molar-refractivity contribution is 5.82. The number of aromatic nitrogens is 4. The number of para-hydroxylation sites is 1. The predicted octanol–water partition coefficient (Wildman–Crippen LogP) is 2.62. The van der Waals surface area contributed by atoms with Crippen molar-refractivity contribution in [3.05, 3.63) is 53.7 Å². The van der Waals surface area contributed by atoms with Crippen molar-refractivity contribution in [2.45, 2.75) is 51.6 Å². The maximum Gasteiger partial charge on any atom is 0.224 e. The lowest BCUT2D eigenvalue weighted by molar-refractivity contribution is -0.121. The van der Waals surface area contributed by atoms with E-state index in [-0.39, 0.29) is 11.9 Å². The standard InChI is InChI=1S/C20H23N5O/c1-13(2)20-23-18-8-7-16(12-25(18)24-20)22-19(26)10-14-9-15-5-3-4-6-17(15)21-11-14/h3-6,9,11,13,16H,7-8,10,12H2,1-2H3,(H,22,26)/t16-/m1/s1. The Bertz CT molecular complexity index is 946. The lowest BCUT2D eigenvalue weighted by Gasteiger charge is -2.23. The van der Waals surface area contributed by atoms with Gasteiger partial charge in [-0.25, -0.2) is 9.67 Å². The number of rotatable bonds is 4. The van der Waals surface area contributed by atoms with Gasteiger partial charge in [-0.15, -0.1) is 0 Å². The number of nitrogens with one attached hydrogen (secondary N) is 1. The molecule has 0 fully saturated rings. The average Bonchev–Trinajstić information content (AvgIpc) is 3.05. The lowest BCUT2D eigenvalue weighted by Crippen LogP contribution is -2.42. The van der Waals surface area contributed by atoms with Crippen LogP contribution in [0.2, 0.25) is 0 Å². The molecule has 1 aromatic carbocycles. The first-order valence-electron chi connectivity index (χ1n) is 9.15. The number of nitrogens with zero attached hydrogens (tertiary/aromatic N) is 4. The van der Waals surface area contributed by atoms with E-state index in [9.17, 15) is 4.79 Å². The molecular weight excluding hydrogens is 326 g/mol. The summed E-state index contributed by atoms with van der Waals surface area (Å²) in [6.45, 7) is 4.88. The van der Waals surface area contributed by atoms with Crippen molar-refractivity contribution in [2.24, 2.45) is 0 Å². The lowest BCUT2D eigenvalue weighted by atomic mass is 10.1. The van der Waals surface area contributed by atoms with Crippen LogP contribution in [-0.4, -0.2) is 31.7 Å². The van der Waals surface area contributed by atoms with Crippen molar-refractivity contribution in [3.63, 3.8) is 0 Å². The van der Waals surface area contributed by atoms with Gasteiger partial charge >= 0.3 is 0 Å². The van der Waals surface area contributed by atoms with E-state index < -0.39 is 0 Å². The minimum Gasteiger partial charge on any atom is -0.351 e. The van der Waals surface area contributed by atoms with E-state index >= 15 is 0 Å². The van der Waals surface area contributed by atoms with Gasteiger partial charge in [0, 0.05) is 30.0 Å². The van der Waals surface area contributed by atoms with Crippen LogP contribution in [0.25, 0.3) is 10.9 Å². The van der Waals surface area contributed by atoms with E-state index in [0.717, 1.165) is 41.0 Å². The summed E-state index contributed by atoms with van der Waals surface area (Å²) in [5, 5.41) is 8.77. The van der Waals surface area contributed by atoms with Crippen LogP contribution >= 0.6 is 0 Å². The van der Waals surface area contributed by atoms with Gasteiger partial charge in [0.25, 0.3) is 0 Å². The van der Waals surface area contributed by atoms with Crippen molar-refractivity contribution in [2.75, 3.05) is 0 Å². The second kappa shape index (κ2) is 6.86. The SMILES string of the molecule is CC(C)c1nc2n(n1)C[C@H](NC(=O)Cc1cnc3ccccc3c1)CC2. The predicted molar refractivity (Wildman–Crippen MR) is 99.8 cm³/mol. The third-order valence-corrected chi connectivity index (χ3v) is 4.77. The Morgan fingerprint density at radius 1 is 1.35 bits per heavy atom. The molecule has 6 nitrogen and oxygen atoms in total. The molecule has 1 aliphatic rings. The van der Waals surface area contributed by atoms with Crippen molar-refractivity contribution in [1.82, 2.24) is 25.1 Å². The largest absolute Gasteiger partial charge is 0.351 e. The normalized spacial score (nSPS) is 16.7. The van der Waals surface area contributed by atoms with E-state index in [2.05, 4.69) is 34.2 Å². The quantitative estimate of drug-likeness (QED) is 0.786. The third-order valence-electron chi connectivity index (χ3n) is 4.77. The highest BCUT2D eigenvalue weighted by Gasteiger charge is 2.23. The molecule has 134 valence electrons. The molecule has 3 aromatic rings. The van der Waals surface area contributed by atoms with Crippen LogP contribution in [0, 0.1) is 0 Å². The zero-order chi connectivity index (χ0) is 18.1. The Labute approximate surface area is 152 Å². The van der Waals surface area contributed by atoms with Crippen molar-refractivity contribution in [1.29, 1.82) is 0 Å². The summed E-state index contributed by atoms with van der Waals surface area (Å²) in [5.41, 5.74) is 1.88. The number of carbonyl (C=O) groups is 1. The van der Waals surface area contributed by atoms with Crippen LogP contribution in [0.4, 0.5) is 0 Å². The Morgan fingerprint density at radius 2 is 2.19 bits per heavy atom. The molecule has 0 bridgehead atoms. The number of carbonyl (C=O) groups excluding carboxylic acids is 1. The van der Waals surface area contributed by atoms with Crippen molar-refractivity contribution in [3.8, 4) is 0 Å². The van der Waals surface area contributed by atoms with Crippen LogP contribution < -0.4 is 5.32 Å². The molecule has 0 saturated heterocycles. The molecule has 26 heavy (non-hydrogen) atoms. The topological polar surface area (TPSA) is 72.7 Å². The summed E-state index contributed by atoms with van der Waals surface area (Å²) in [4.78, 5) is 21.5. The van der Waals surface area contributed by atoms with Crippen LogP contribution in [0.3, 0.4) is 0 Å². The molecule has 1 atom stereocenters. The van der Waals surface area contributed by atoms with Crippen LogP contribution in [-0.2, 0) is 24.2 Å². The Morgan fingerprint density at radius 3 is 3.04 bits per heavy atom. The average molecular weight is 349 g/mol. The molecule has 3 heterocycles. The Hall–Kier alpha value is -2.76. The smallest absolute Gasteiger partial charge is 0.224 e. The van der Waals surface area contributed by atoms with Gasteiger partial charge in [0.15, 0.2) is 5.82 Å². The summed E-state index contributed by atoms with van der Waals surface area (Å²) in [5.74, 6) is 2.26. The summed E-state index contributed by atoms with van der Waals surface area (Å²) in [6, 6.07) is 10.1. The van der Waals surface area contributed by atoms with E-state index in [0.29, 0.717) is 18.9 Å². The highest BCUT2D eigenvalue weighted by Crippen LogP contribution is 2.17. The van der Waals surface area contributed by atoms with Gasteiger partial charge in [-0.3, -0.25) is 9.78 Å². The van der Waals surface area contributed by atoms with Crippen LogP contribution in [0.1, 0.15) is 43.4 Å². The molecule has 6 heteroatoms. The molecule has 2 aromatic heterocycles. The van der Waals surface area contributed by atoms with Crippen LogP contribution in [0.15, 0.2) is 36.5 Å². The summed E-state index contributed by atoms with van der Waals surface area (Å²) < 4.78 is 1.95. The molecule has 0 spiro atoms. The van der Waals surface area contributed by atoms with E-state index in [1.165, 1.54) is 0 Å². The van der Waals surface area contributed by atoms with Gasteiger partial charge in [-0.2, -0.15) is 5.10 Å². The van der Waals surface area contributed by atoms with Gasteiger partial charge in [0.05, 0.1) is 18.5 Å². The van der Waals surface area contributed by atoms with Gasteiger partial charge in [-0.05, 0) is 24.1 Å². The molecule has 1 aliphatic heterocycles. The van der Waals surface area contributed by atoms with Gasteiger partial charge in [-0.1, -0.05) is 32.0 Å². The maximum atomic E-state index is 12.5. The molecule has 4 rings (SSSR count). The zero-order valence-electron chi connectivity index (χ0n) is 15.1. The summed E-state index contributed by atoms with van der Waals surface area (Å²) in [7, 11) is 0. The molecule has 0 aliphatic carbocycles. The first-order valence-corrected chi connectivity index (χ1v) is 9.15.